The van der Waals surface area contributed by atoms with Crippen LogP contribution in [0, 0.1) is 46.4 Å². The van der Waals surface area contributed by atoms with Crippen LogP contribution in [0.15, 0.2) is 30.0 Å². The van der Waals surface area contributed by atoms with Crippen molar-refractivity contribution in [3.63, 3.8) is 0 Å². The Morgan fingerprint density at radius 2 is 1.97 bits per heavy atom. The van der Waals surface area contributed by atoms with Crippen LogP contribution in [0.5, 0.6) is 0 Å². The van der Waals surface area contributed by atoms with Gasteiger partial charge in [-0.05, 0) is 116 Å². The number of hydrogen-bond donors (Lipinski definition) is 1. The highest BCUT2D eigenvalue weighted by molar-refractivity contribution is 5.25. The number of aryl methyl sites for hydroxylation is 1. The fourth-order valence-corrected chi connectivity index (χ4v) is 8.77. The summed E-state index contributed by atoms with van der Waals surface area (Å²) in [5.74, 6) is 3.63. The minimum Gasteiger partial charge on any atom is -0.393 e. The Labute approximate surface area is 187 Å². The van der Waals surface area contributed by atoms with Crippen molar-refractivity contribution in [1.29, 1.82) is 0 Å². The summed E-state index contributed by atoms with van der Waals surface area (Å²) in [4.78, 5) is 3.84. The summed E-state index contributed by atoms with van der Waals surface area (Å²) in [7, 11) is 0. The van der Waals surface area contributed by atoms with E-state index in [1.54, 1.807) is 11.8 Å². The van der Waals surface area contributed by atoms with E-state index >= 15 is 0 Å². The third-order valence-corrected chi connectivity index (χ3v) is 10.5. The lowest BCUT2D eigenvalue weighted by Gasteiger charge is -2.58. The van der Waals surface area contributed by atoms with Crippen LogP contribution < -0.4 is 0 Å². The molecule has 3 fully saturated rings. The van der Waals surface area contributed by atoms with E-state index in [1.165, 1.54) is 51.0 Å². The molecule has 5 rings (SSSR count). The van der Waals surface area contributed by atoms with Crippen LogP contribution in [-0.4, -0.2) is 16.2 Å². The maximum atomic E-state index is 13.1. The van der Waals surface area contributed by atoms with Crippen molar-refractivity contribution in [3.8, 4) is 0 Å². The molecule has 0 aromatic carbocycles. The zero-order valence-corrected chi connectivity index (χ0v) is 19.6. The fraction of sp³-hybridized carbons (Fsp3) is 0.750. The molecular formula is C28H40FNO. The smallest absolute Gasteiger partial charge is 0.212 e. The second-order valence-corrected chi connectivity index (χ2v) is 11.9. The summed E-state index contributed by atoms with van der Waals surface area (Å²) in [6.07, 6.45) is 16.2. The number of halogens is 1. The predicted molar refractivity (Wildman–Crippen MR) is 123 cm³/mol. The van der Waals surface area contributed by atoms with Crippen LogP contribution in [-0.2, 0) is 6.42 Å². The van der Waals surface area contributed by atoms with Crippen molar-refractivity contribution < 1.29 is 9.50 Å². The largest absolute Gasteiger partial charge is 0.393 e. The van der Waals surface area contributed by atoms with Gasteiger partial charge in [0.05, 0.1) is 6.10 Å². The molecule has 0 bridgehead atoms. The Hall–Kier alpha value is -1.22. The molecule has 2 nitrogen and oxygen atoms in total. The average Bonchev–Trinajstić information content (AvgIpc) is 3.11. The minimum absolute atomic E-state index is 0.113. The molecule has 1 aromatic rings. The molecule has 3 heteroatoms. The van der Waals surface area contributed by atoms with Crippen LogP contribution in [0.1, 0.15) is 84.1 Å². The quantitative estimate of drug-likeness (QED) is 0.428. The number of fused-ring (bicyclic) bond motifs is 5. The van der Waals surface area contributed by atoms with Gasteiger partial charge < -0.3 is 5.11 Å². The lowest BCUT2D eigenvalue weighted by Crippen LogP contribution is -2.50. The molecule has 0 amide bonds. The number of pyridine rings is 1. The van der Waals surface area contributed by atoms with Crippen molar-refractivity contribution in [3.05, 3.63) is 41.5 Å². The molecule has 0 aliphatic heterocycles. The first-order valence-electron chi connectivity index (χ1n) is 12.8. The SMILES string of the molecule is C[C@@H](CCc1ccc(F)nc1)C1CCC2C3CC=C4CC(O)CCC4(C)C3CCC21C. The summed E-state index contributed by atoms with van der Waals surface area (Å²) in [5.41, 5.74) is 3.54. The van der Waals surface area contributed by atoms with E-state index < -0.39 is 0 Å². The van der Waals surface area contributed by atoms with Gasteiger partial charge in [-0.1, -0.05) is 38.5 Å². The first kappa shape index (κ1) is 21.6. The standard InChI is InChI=1S/C28H40FNO/c1-18(4-5-19-6-11-26(29)30-17-19)23-9-10-24-22-8-7-20-16-21(31)12-14-27(20,2)25(22)13-15-28(23,24)3/h6-7,11,17-18,21-25,31H,4-5,8-10,12-16H2,1-3H3/t18-,21?,22?,23?,24?,25?,27?,28?/m0/s1. The third-order valence-electron chi connectivity index (χ3n) is 10.5. The molecule has 4 aliphatic carbocycles. The summed E-state index contributed by atoms with van der Waals surface area (Å²) in [6.45, 7) is 7.60. The molecule has 0 saturated heterocycles. The van der Waals surface area contributed by atoms with E-state index in [4.69, 9.17) is 0 Å². The first-order valence-corrected chi connectivity index (χ1v) is 12.8. The molecule has 4 aliphatic rings. The highest BCUT2D eigenvalue weighted by Crippen LogP contribution is 2.67. The van der Waals surface area contributed by atoms with Crippen molar-refractivity contribution in [2.45, 2.75) is 91.1 Å². The summed E-state index contributed by atoms with van der Waals surface area (Å²) < 4.78 is 13.1. The maximum Gasteiger partial charge on any atom is 0.212 e. The van der Waals surface area contributed by atoms with E-state index in [2.05, 4.69) is 31.8 Å². The number of allylic oxidation sites excluding steroid dienone is 1. The summed E-state index contributed by atoms with van der Waals surface area (Å²) in [5, 5.41) is 10.2. The number of aromatic nitrogens is 1. The molecule has 31 heavy (non-hydrogen) atoms. The lowest BCUT2D eigenvalue weighted by atomic mass is 9.47. The van der Waals surface area contributed by atoms with Crippen LogP contribution in [0.2, 0.25) is 0 Å². The number of nitrogens with zero attached hydrogens (tertiary/aromatic N) is 1. The Balaban J connectivity index is 1.30. The first-order chi connectivity index (χ1) is 14.8. The average molecular weight is 426 g/mol. The van der Waals surface area contributed by atoms with Gasteiger partial charge in [0.1, 0.15) is 0 Å². The van der Waals surface area contributed by atoms with Gasteiger partial charge in [0.25, 0.3) is 0 Å². The summed E-state index contributed by atoms with van der Waals surface area (Å²) >= 11 is 0. The topological polar surface area (TPSA) is 33.1 Å². The van der Waals surface area contributed by atoms with Crippen LogP contribution in [0.25, 0.3) is 0 Å². The molecule has 1 N–H and O–H groups in total. The Morgan fingerprint density at radius 3 is 2.74 bits per heavy atom. The highest BCUT2D eigenvalue weighted by atomic mass is 19.1. The third kappa shape index (κ3) is 3.59. The van der Waals surface area contributed by atoms with Crippen LogP contribution >= 0.6 is 0 Å². The zero-order valence-electron chi connectivity index (χ0n) is 19.6. The molecule has 0 radical (unpaired) electrons. The molecule has 170 valence electrons. The van der Waals surface area contributed by atoms with Gasteiger partial charge in [-0.15, -0.1) is 0 Å². The number of aliphatic hydroxyl groups is 1. The van der Waals surface area contributed by atoms with Crippen molar-refractivity contribution in [2.75, 3.05) is 0 Å². The second-order valence-electron chi connectivity index (χ2n) is 11.9. The van der Waals surface area contributed by atoms with Gasteiger partial charge in [0.15, 0.2) is 0 Å². The van der Waals surface area contributed by atoms with Gasteiger partial charge in [0, 0.05) is 6.20 Å². The van der Waals surface area contributed by atoms with Crippen LogP contribution in [0.3, 0.4) is 0 Å². The Morgan fingerprint density at radius 1 is 1.13 bits per heavy atom. The molecule has 0 spiro atoms. The molecule has 7 unspecified atom stereocenters. The normalized spacial score (nSPS) is 42.9. The monoisotopic (exact) mass is 425 g/mol. The van der Waals surface area contributed by atoms with Gasteiger partial charge in [-0.2, -0.15) is 4.39 Å². The highest BCUT2D eigenvalue weighted by Gasteiger charge is 2.59. The van der Waals surface area contributed by atoms with Gasteiger partial charge in [-0.3, -0.25) is 0 Å². The Kier molecular flexibility index (Phi) is 5.56. The van der Waals surface area contributed by atoms with E-state index in [0.29, 0.717) is 16.7 Å². The molecule has 1 heterocycles. The number of rotatable bonds is 4. The minimum atomic E-state index is -0.384. The van der Waals surface area contributed by atoms with Crippen molar-refractivity contribution >= 4 is 0 Å². The number of aliphatic hydroxyl groups excluding tert-OH is 1. The zero-order chi connectivity index (χ0) is 21.8. The molecule has 1 aromatic heterocycles. The van der Waals surface area contributed by atoms with Crippen LogP contribution in [0.4, 0.5) is 4.39 Å². The van der Waals surface area contributed by atoms with E-state index in [0.717, 1.165) is 48.5 Å². The second kappa shape index (κ2) is 7.97. The van der Waals surface area contributed by atoms with Gasteiger partial charge in [0.2, 0.25) is 5.95 Å². The van der Waals surface area contributed by atoms with Crippen molar-refractivity contribution in [1.82, 2.24) is 4.98 Å². The Bertz CT molecular complexity index is 834. The van der Waals surface area contributed by atoms with E-state index in [1.807, 2.05) is 6.07 Å². The number of hydrogen-bond acceptors (Lipinski definition) is 2. The fourth-order valence-electron chi connectivity index (χ4n) is 8.77. The molecular weight excluding hydrogens is 385 g/mol. The molecule has 8 atom stereocenters. The van der Waals surface area contributed by atoms with Gasteiger partial charge in [-0.25, -0.2) is 4.98 Å². The predicted octanol–water partition coefficient (Wildman–Crippen LogP) is 6.73. The van der Waals surface area contributed by atoms with E-state index in [9.17, 15) is 9.50 Å². The maximum absolute atomic E-state index is 13.1. The molecule has 3 saturated carbocycles. The lowest BCUT2D eigenvalue weighted by molar-refractivity contribution is -0.0571. The van der Waals surface area contributed by atoms with Crippen molar-refractivity contribution in [2.24, 2.45) is 40.4 Å². The summed E-state index contributed by atoms with van der Waals surface area (Å²) in [6, 6.07) is 3.39. The van der Waals surface area contributed by atoms with E-state index in [-0.39, 0.29) is 12.1 Å². The van der Waals surface area contributed by atoms with Gasteiger partial charge >= 0.3 is 0 Å².